The molecule has 0 spiro atoms. The number of rotatable bonds is 4. The standard InChI is InChI=1S/C20H27.C5H5.5CH3.Hf/c1-5-14(4)18-9-8-15-10-16-12-20(6-2,7-3)13-17(16)11-19(15)18;1-2-4-5-3-1;;;;;;/h8-11,14H,5-7,12-13H2,1-4H3;1-5H;5*1H3;/q7*-1;. The Morgan fingerprint density at radius 1 is 0.903 bits per heavy atom. The van der Waals surface area contributed by atoms with Crippen LogP contribution in [0.15, 0.2) is 54.6 Å². The van der Waals surface area contributed by atoms with Crippen molar-refractivity contribution in [3.05, 3.63) is 108 Å². The normalized spacial score (nSPS) is 13.2. The van der Waals surface area contributed by atoms with Crippen LogP contribution in [0.5, 0.6) is 0 Å². The molecule has 178 valence electrons. The smallest absolute Gasteiger partial charge is 0 e. The zero-order valence-corrected chi connectivity index (χ0v) is 25.4. The van der Waals surface area contributed by atoms with Crippen molar-refractivity contribution < 1.29 is 25.8 Å². The molecule has 0 radical (unpaired) electrons. The Balaban J connectivity index is -0.000000296. The summed E-state index contributed by atoms with van der Waals surface area (Å²) in [5, 5.41) is 2.98. The zero-order chi connectivity index (χ0) is 17.9. The Bertz CT molecular complexity index is 770. The maximum Gasteiger partial charge on any atom is 0 e. The van der Waals surface area contributed by atoms with Gasteiger partial charge in [0.15, 0.2) is 0 Å². The molecule has 0 nitrogen and oxygen atoms in total. The molecule has 0 N–H and O–H groups in total. The molecule has 1 heteroatoms. The molecule has 0 saturated carbocycles. The maximum absolute atomic E-state index is 2.51. The molecule has 0 heterocycles. The Labute approximate surface area is 215 Å². The summed E-state index contributed by atoms with van der Waals surface area (Å²) in [4.78, 5) is 0. The Morgan fingerprint density at radius 2 is 1.42 bits per heavy atom. The van der Waals surface area contributed by atoms with E-state index in [4.69, 9.17) is 0 Å². The summed E-state index contributed by atoms with van der Waals surface area (Å²) >= 11 is 0. The third kappa shape index (κ3) is 8.16. The van der Waals surface area contributed by atoms with Gasteiger partial charge in [-0.15, -0.1) is 34.5 Å². The van der Waals surface area contributed by atoms with E-state index in [1.165, 1.54) is 42.9 Å². The fourth-order valence-corrected chi connectivity index (χ4v) is 4.29. The third-order valence-corrected chi connectivity index (χ3v) is 6.45. The molecule has 1 atom stereocenters. The Morgan fingerprint density at radius 3 is 1.84 bits per heavy atom. The molecule has 4 rings (SSSR count). The zero-order valence-electron chi connectivity index (χ0n) is 21.8. The van der Waals surface area contributed by atoms with Gasteiger partial charge in [-0.2, -0.15) is 24.3 Å². The minimum Gasteiger partial charge on any atom is -0.358 e. The van der Waals surface area contributed by atoms with Gasteiger partial charge in [0.1, 0.15) is 0 Å². The molecular formula is C30H47Hf-7. The molecule has 3 aromatic carbocycles. The SMILES string of the molecule is CCC(C)[c-]1ccc2cc3c(cc21)CC(CC)(CC)C3.[CH3-].[CH3-].[CH3-].[CH3-].[CH3-].[Hf].c1cc[cH-]c1. The van der Waals surface area contributed by atoms with Crippen molar-refractivity contribution in [2.24, 2.45) is 5.41 Å². The van der Waals surface area contributed by atoms with Gasteiger partial charge in [-0.1, -0.05) is 51.2 Å². The van der Waals surface area contributed by atoms with Crippen LogP contribution >= 0.6 is 0 Å². The van der Waals surface area contributed by atoms with Gasteiger partial charge in [0.05, 0.1) is 0 Å². The molecule has 1 unspecified atom stereocenters. The molecule has 0 fully saturated rings. The van der Waals surface area contributed by atoms with Crippen LogP contribution in [0.3, 0.4) is 0 Å². The van der Waals surface area contributed by atoms with Gasteiger partial charge in [0.2, 0.25) is 0 Å². The van der Waals surface area contributed by atoms with E-state index in [0.717, 1.165) is 0 Å². The van der Waals surface area contributed by atoms with Crippen LogP contribution in [0.1, 0.15) is 69.6 Å². The second kappa shape index (κ2) is 16.7. The van der Waals surface area contributed by atoms with E-state index in [-0.39, 0.29) is 63.0 Å². The van der Waals surface area contributed by atoms with E-state index in [1.807, 2.05) is 30.3 Å². The average Bonchev–Trinajstić information content (AvgIpc) is 3.38. The van der Waals surface area contributed by atoms with Gasteiger partial charge in [-0.25, -0.2) is 12.1 Å². The first-order chi connectivity index (χ1) is 12.1. The van der Waals surface area contributed by atoms with Crippen LogP contribution in [0.4, 0.5) is 0 Å². The summed E-state index contributed by atoms with van der Waals surface area (Å²) in [5.74, 6) is 0.675. The number of hydrogen-bond acceptors (Lipinski definition) is 0. The molecule has 0 saturated heterocycles. The topological polar surface area (TPSA) is 0 Å². The number of benzene rings is 1. The van der Waals surface area contributed by atoms with Crippen molar-refractivity contribution in [1.82, 2.24) is 0 Å². The average molecular weight is 586 g/mol. The summed E-state index contributed by atoms with van der Waals surface area (Å²) in [6, 6.07) is 19.7. The molecular weight excluding hydrogens is 539 g/mol. The van der Waals surface area contributed by atoms with Gasteiger partial charge >= 0.3 is 0 Å². The number of hydrogen-bond donors (Lipinski definition) is 0. The van der Waals surface area contributed by atoms with Crippen molar-refractivity contribution in [2.45, 2.75) is 65.7 Å². The second-order valence-corrected chi connectivity index (χ2v) is 7.83. The fourth-order valence-electron chi connectivity index (χ4n) is 4.29. The number of fused-ring (bicyclic) bond motifs is 2. The summed E-state index contributed by atoms with van der Waals surface area (Å²) in [7, 11) is 0. The van der Waals surface area contributed by atoms with Crippen LogP contribution in [0.25, 0.3) is 10.8 Å². The first-order valence-corrected chi connectivity index (χ1v) is 10.00. The van der Waals surface area contributed by atoms with Gasteiger partial charge in [0.25, 0.3) is 0 Å². The van der Waals surface area contributed by atoms with Crippen molar-refractivity contribution in [3.8, 4) is 0 Å². The second-order valence-electron chi connectivity index (χ2n) is 7.83. The van der Waals surface area contributed by atoms with E-state index in [2.05, 4.69) is 52.0 Å². The van der Waals surface area contributed by atoms with Crippen molar-refractivity contribution >= 4 is 10.8 Å². The van der Waals surface area contributed by atoms with E-state index in [0.29, 0.717) is 11.3 Å². The van der Waals surface area contributed by atoms with E-state index in [1.54, 1.807) is 16.7 Å². The minimum absolute atomic E-state index is 0. The third-order valence-electron chi connectivity index (χ3n) is 6.45. The van der Waals surface area contributed by atoms with Gasteiger partial charge < -0.3 is 37.1 Å². The van der Waals surface area contributed by atoms with Crippen LogP contribution < -0.4 is 0 Å². The van der Waals surface area contributed by atoms with Crippen LogP contribution in [-0.2, 0) is 38.7 Å². The molecule has 31 heavy (non-hydrogen) atoms. The van der Waals surface area contributed by atoms with Gasteiger partial charge in [-0.05, 0) is 31.1 Å². The minimum atomic E-state index is 0. The van der Waals surface area contributed by atoms with E-state index >= 15 is 0 Å². The molecule has 1 aliphatic carbocycles. The predicted octanol–water partition coefficient (Wildman–Crippen LogP) is 9.63. The monoisotopic (exact) mass is 587 g/mol. The van der Waals surface area contributed by atoms with Crippen molar-refractivity contribution in [1.29, 1.82) is 0 Å². The van der Waals surface area contributed by atoms with Crippen molar-refractivity contribution in [3.63, 3.8) is 0 Å². The molecule has 1 aliphatic rings. The molecule has 0 aliphatic heterocycles. The predicted molar refractivity (Wildman–Crippen MR) is 143 cm³/mol. The first kappa shape index (κ1) is 37.4. The van der Waals surface area contributed by atoms with Crippen LogP contribution in [0.2, 0.25) is 0 Å². The molecule has 3 aromatic rings. The van der Waals surface area contributed by atoms with E-state index < -0.39 is 0 Å². The molecule has 0 amide bonds. The summed E-state index contributed by atoms with van der Waals surface area (Å²) in [6.07, 6.45) is 6.41. The quantitative estimate of drug-likeness (QED) is 0.211. The van der Waals surface area contributed by atoms with E-state index in [9.17, 15) is 0 Å². The Hall–Kier alpha value is -0.950. The first-order valence-electron chi connectivity index (χ1n) is 10.00. The molecule has 0 aromatic heterocycles. The fraction of sp³-hybridized carbons (Fsp3) is 0.367. The van der Waals surface area contributed by atoms with Crippen LogP contribution in [-0.4, -0.2) is 0 Å². The molecule has 0 bridgehead atoms. The summed E-state index contributed by atoms with van der Waals surface area (Å²) in [5.41, 5.74) is 5.33. The Kier molecular flexibility index (Phi) is 20.1. The van der Waals surface area contributed by atoms with Crippen molar-refractivity contribution in [2.75, 3.05) is 0 Å². The van der Waals surface area contributed by atoms with Gasteiger partial charge in [-0.3, -0.25) is 0 Å². The van der Waals surface area contributed by atoms with Gasteiger partial charge in [0, 0.05) is 25.8 Å². The van der Waals surface area contributed by atoms with Crippen LogP contribution in [0, 0.1) is 42.5 Å². The largest absolute Gasteiger partial charge is 0.358 e. The maximum atomic E-state index is 2.51. The summed E-state index contributed by atoms with van der Waals surface area (Å²) in [6.45, 7) is 9.36. The summed E-state index contributed by atoms with van der Waals surface area (Å²) < 4.78 is 0.